The zero-order valence-electron chi connectivity index (χ0n) is 11.8. The first-order valence-corrected chi connectivity index (χ1v) is 6.96. The van der Waals surface area contributed by atoms with E-state index in [0.717, 1.165) is 22.0 Å². The lowest BCUT2D eigenvalue weighted by Gasteiger charge is -2.27. The molecule has 1 aliphatic heterocycles. The molecule has 0 spiro atoms. The van der Waals surface area contributed by atoms with E-state index in [1.54, 1.807) is 6.07 Å². The van der Waals surface area contributed by atoms with Gasteiger partial charge >= 0.3 is 0 Å². The molecule has 0 bridgehead atoms. The van der Waals surface area contributed by atoms with Gasteiger partial charge in [0.15, 0.2) is 0 Å². The van der Waals surface area contributed by atoms with Crippen LogP contribution >= 0.6 is 0 Å². The molecule has 0 radical (unpaired) electrons. The van der Waals surface area contributed by atoms with Gasteiger partial charge in [-0.3, -0.25) is 0 Å². The fraction of sp³-hybridized carbons (Fsp3) is 0.400. The third kappa shape index (κ3) is 2.57. The van der Waals surface area contributed by atoms with E-state index >= 15 is 0 Å². The molecule has 1 unspecified atom stereocenters. The Morgan fingerprint density at radius 1 is 1.43 bits per heavy atom. The van der Waals surface area contributed by atoms with Crippen LogP contribution in [-0.4, -0.2) is 36.9 Å². The number of nitrogens with zero attached hydrogens (tertiary/aromatic N) is 1. The van der Waals surface area contributed by atoms with Gasteiger partial charge in [0.25, 0.3) is 0 Å². The number of aliphatic hydroxyl groups excluding tert-OH is 1. The molecule has 1 aliphatic rings. The minimum atomic E-state index is -0.273. The fourth-order valence-electron chi connectivity index (χ4n) is 2.75. The lowest BCUT2D eigenvalue weighted by Crippen LogP contribution is -2.28. The summed E-state index contributed by atoms with van der Waals surface area (Å²) in [6.45, 7) is 1.36. The standard InChI is InChI=1S/C15H18FN3O2/c1-17-12-7-21-8-13-14(12)11-6-9(16)2-3-10(11)15(19-13)18-4-5-20/h2-3,6,12,17,20H,4-5,7-8H2,1H3,(H,18,19). The molecule has 21 heavy (non-hydrogen) atoms. The summed E-state index contributed by atoms with van der Waals surface area (Å²) in [6, 6.07) is 4.68. The topological polar surface area (TPSA) is 66.4 Å². The zero-order chi connectivity index (χ0) is 14.8. The Labute approximate surface area is 122 Å². The molecule has 0 amide bonds. The predicted octanol–water partition coefficient (Wildman–Crippen LogP) is 1.57. The average Bonchev–Trinajstić information content (AvgIpc) is 2.51. The third-order valence-electron chi connectivity index (χ3n) is 3.71. The minimum absolute atomic E-state index is 0.00237. The normalized spacial score (nSPS) is 17.8. The quantitative estimate of drug-likeness (QED) is 0.798. The molecule has 2 heterocycles. The van der Waals surface area contributed by atoms with Crippen molar-refractivity contribution in [3.05, 3.63) is 35.3 Å². The highest BCUT2D eigenvalue weighted by Gasteiger charge is 2.25. The van der Waals surface area contributed by atoms with Gasteiger partial charge in [0.05, 0.1) is 31.6 Å². The smallest absolute Gasteiger partial charge is 0.134 e. The van der Waals surface area contributed by atoms with E-state index in [-0.39, 0.29) is 18.5 Å². The van der Waals surface area contributed by atoms with Gasteiger partial charge < -0.3 is 20.5 Å². The number of hydrogen-bond acceptors (Lipinski definition) is 5. The van der Waals surface area contributed by atoms with E-state index in [4.69, 9.17) is 9.84 Å². The molecule has 0 aliphatic carbocycles. The highest BCUT2D eigenvalue weighted by Crippen LogP contribution is 2.34. The SMILES string of the molecule is CNC1COCc2nc(NCCO)c3ccc(F)cc3c21. The number of halogens is 1. The number of rotatable bonds is 4. The average molecular weight is 291 g/mol. The molecule has 5 nitrogen and oxygen atoms in total. The second kappa shape index (κ2) is 5.93. The van der Waals surface area contributed by atoms with Crippen molar-refractivity contribution in [2.24, 2.45) is 0 Å². The minimum Gasteiger partial charge on any atom is -0.395 e. The lowest BCUT2D eigenvalue weighted by atomic mass is 9.96. The van der Waals surface area contributed by atoms with E-state index in [0.29, 0.717) is 25.6 Å². The van der Waals surface area contributed by atoms with Gasteiger partial charge in [-0.1, -0.05) is 0 Å². The maximum Gasteiger partial charge on any atom is 0.134 e. The maximum atomic E-state index is 13.7. The molecule has 2 aromatic rings. The molecule has 1 aromatic carbocycles. The fourth-order valence-corrected chi connectivity index (χ4v) is 2.75. The number of hydrogen-bond donors (Lipinski definition) is 3. The van der Waals surface area contributed by atoms with Crippen LogP contribution < -0.4 is 10.6 Å². The molecule has 3 N–H and O–H groups in total. The monoisotopic (exact) mass is 291 g/mol. The van der Waals surface area contributed by atoms with Crippen molar-refractivity contribution in [3.63, 3.8) is 0 Å². The number of anilines is 1. The van der Waals surface area contributed by atoms with E-state index in [2.05, 4.69) is 15.6 Å². The summed E-state index contributed by atoms with van der Waals surface area (Å²) in [5.41, 5.74) is 1.80. The Hall–Kier alpha value is -1.76. The largest absolute Gasteiger partial charge is 0.395 e. The van der Waals surface area contributed by atoms with Crippen LogP contribution in [0.3, 0.4) is 0 Å². The molecule has 1 aromatic heterocycles. The van der Waals surface area contributed by atoms with Crippen LogP contribution in [0.15, 0.2) is 18.2 Å². The number of fused-ring (bicyclic) bond motifs is 3. The van der Waals surface area contributed by atoms with Gasteiger partial charge in [0, 0.05) is 17.5 Å². The van der Waals surface area contributed by atoms with E-state index in [1.807, 2.05) is 7.05 Å². The molecular weight excluding hydrogens is 273 g/mol. The van der Waals surface area contributed by atoms with Gasteiger partial charge in [-0.2, -0.15) is 0 Å². The van der Waals surface area contributed by atoms with Crippen molar-refractivity contribution in [3.8, 4) is 0 Å². The highest BCUT2D eigenvalue weighted by atomic mass is 19.1. The Balaban J connectivity index is 2.23. The predicted molar refractivity (Wildman–Crippen MR) is 78.7 cm³/mol. The van der Waals surface area contributed by atoms with Crippen molar-refractivity contribution in [1.29, 1.82) is 0 Å². The highest BCUT2D eigenvalue weighted by molar-refractivity contribution is 5.95. The summed E-state index contributed by atoms with van der Waals surface area (Å²) < 4.78 is 19.2. The van der Waals surface area contributed by atoms with Crippen LogP contribution in [0.4, 0.5) is 10.2 Å². The Kier molecular flexibility index (Phi) is 4.01. The summed E-state index contributed by atoms with van der Waals surface area (Å²) in [5.74, 6) is 0.378. The van der Waals surface area contributed by atoms with E-state index < -0.39 is 0 Å². The molecule has 1 atom stereocenters. The molecular formula is C15H18FN3O2. The molecule has 112 valence electrons. The van der Waals surface area contributed by atoms with Crippen LogP contribution in [0.2, 0.25) is 0 Å². The van der Waals surface area contributed by atoms with Crippen LogP contribution in [0.1, 0.15) is 17.3 Å². The Morgan fingerprint density at radius 2 is 2.29 bits per heavy atom. The van der Waals surface area contributed by atoms with E-state index in [1.165, 1.54) is 12.1 Å². The van der Waals surface area contributed by atoms with Crippen LogP contribution in [-0.2, 0) is 11.3 Å². The molecule has 0 fully saturated rings. The van der Waals surface area contributed by atoms with Gasteiger partial charge in [-0.15, -0.1) is 0 Å². The zero-order valence-corrected chi connectivity index (χ0v) is 11.8. The summed E-state index contributed by atoms with van der Waals surface area (Å²) in [6.07, 6.45) is 0. The number of pyridine rings is 1. The number of aromatic nitrogens is 1. The maximum absolute atomic E-state index is 13.7. The van der Waals surface area contributed by atoms with Crippen molar-refractivity contribution in [2.75, 3.05) is 32.1 Å². The third-order valence-corrected chi connectivity index (χ3v) is 3.71. The first-order valence-electron chi connectivity index (χ1n) is 6.96. The number of aliphatic hydroxyl groups is 1. The molecule has 6 heteroatoms. The van der Waals surface area contributed by atoms with Gasteiger partial charge in [0.1, 0.15) is 11.6 Å². The second-order valence-electron chi connectivity index (χ2n) is 5.02. The van der Waals surface area contributed by atoms with Crippen molar-refractivity contribution in [2.45, 2.75) is 12.6 Å². The summed E-state index contributed by atoms with van der Waals surface area (Å²) >= 11 is 0. The molecule has 0 saturated heterocycles. The first kappa shape index (κ1) is 14.2. The van der Waals surface area contributed by atoms with Crippen LogP contribution in [0, 0.1) is 5.82 Å². The summed E-state index contributed by atoms with van der Waals surface area (Å²) in [4.78, 5) is 4.60. The molecule has 3 rings (SSSR count). The van der Waals surface area contributed by atoms with Gasteiger partial charge in [-0.05, 0) is 30.6 Å². The number of likely N-dealkylation sites (N-methyl/N-ethyl adjacent to an activating group) is 1. The van der Waals surface area contributed by atoms with Crippen molar-refractivity contribution >= 4 is 16.6 Å². The number of benzene rings is 1. The number of ether oxygens (including phenoxy) is 1. The Bertz CT molecular complexity index is 663. The van der Waals surface area contributed by atoms with Gasteiger partial charge in [0.2, 0.25) is 0 Å². The second-order valence-corrected chi connectivity index (χ2v) is 5.02. The summed E-state index contributed by atoms with van der Waals surface area (Å²) in [7, 11) is 1.85. The summed E-state index contributed by atoms with van der Waals surface area (Å²) in [5, 5.41) is 16.9. The van der Waals surface area contributed by atoms with E-state index in [9.17, 15) is 4.39 Å². The van der Waals surface area contributed by atoms with Gasteiger partial charge in [-0.25, -0.2) is 9.37 Å². The van der Waals surface area contributed by atoms with Crippen LogP contribution in [0.5, 0.6) is 0 Å². The Morgan fingerprint density at radius 3 is 3.05 bits per heavy atom. The lowest BCUT2D eigenvalue weighted by molar-refractivity contribution is 0.0821. The number of nitrogens with one attached hydrogen (secondary N) is 2. The first-order chi connectivity index (χ1) is 10.2. The van der Waals surface area contributed by atoms with Crippen molar-refractivity contribution in [1.82, 2.24) is 10.3 Å². The van der Waals surface area contributed by atoms with Crippen molar-refractivity contribution < 1.29 is 14.2 Å². The van der Waals surface area contributed by atoms with Crippen LogP contribution in [0.25, 0.3) is 10.8 Å². The molecule has 0 saturated carbocycles.